The van der Waals surface area contributed by atoms with Gasteiger partial charge >= 0.3 is 0 Å². The number of aliphatic hydroxyl groups is 1. The van der Waals surface area contributed by atoms with E-state index in [0.717, 1.165) is 50.5 Å². The Morgan fingerprint density at radius 2 is 1.69 bits per heavy atom. The second-order valence-electron chi connectivity index (χ2n) is 13.6. The van der Waals surface area contributed by atoms with Gasteiger partial charge in [-0.3, -0.25) is 4.79 Å². The first-order valence-corrected chi connectivity index (χ1v) is 15.0. The number of phenolic OH excluding ortho intramolecular Hbond substituents is 1. The summed E-state index contributed by atoms with van der Waals surface area (Å²) in [6, 6.07) is 17.7. The number of ether oxygens (including phenoxy) is 1. The van der Waals surface area contributed by atoms with Crippen LogP contribution in [0.5, 0.6) is 5.75 Å². The maximum atomic E-state index is 13.5. The summed E-state index contributed by atoms with van der Waals surface area (Å²) in [5, 5.41) is 21.2. The van der Waals surface area contributed by atoms with E-state index in [4.69, 9.17) is 4.74 Å². The van der Waals surface area contributed by atoms with Gasteiger partial charge in [0.05, 0.1) is 6.61 Å². The average molecular weight is 529 g/mol. The molecule has 7 atom stereocenters. The number of rotatable bonds is 6. The molecule has 0 saturated heterocycles. The number of aromatic hydroxyl groups is 1. The highest BCUT2D eigenvalue weighted by atomic mass is 16.6. The zero-order chi connectivity index (χ0) is 27.5. The second kappa shape index (κ2) is 9.59. The fourth-order valence-electron chi connectivity index (χ4n) is 9.68. The van der Waals surface area contributed by atoms with Crippen molar-refractivity contribution in [3.05, 3.63) is 77.4 Å². The highest BCUT2D eigenvalue weighted by Gasteiger charge is 2.65. The van der Waals surface area contributed by atoms with Gasteiger partial charge in [0.2, 0.25) is 0 Å². The smallest absolute Gasteiger partial charge is 0.169 e. The zero-order valence-electron chi connectivity index (χ0n) is 23.8. The Hall–Kier alpha value is -2.43. The number of hydrogen-bond acceptors (Lipinski definition) is 4. The van der Waals surface area contributed by atoms with Crippen LogP contribution in [0.15, 0.2) is 66.2 Å². The van der Waals surface area contributed by atoms with Crippen LogP contribution in [0, 0.1) is 34.0 Å². The van der Waals surface area contributed by atoms with Crippen molar-refractivity contribution in [2.45, 2.75) is 91.0 Å². The molecule has 4 aliphatic rings. The van der Waals surface area contributed by atoms with Gasteiger partial charge in [0.15, 0.2) is 5.79 Å². The molecule has 0 bridgehead atoms. The van der Waals surface area contributed by atoms with Gasteiger partial charge < -0.3 is 14.9 Å². The Kier molecular flexibility index (Phi) is 6.59. The van der Waals surface area contributed by atoms with Crippen LogP contribution in [-0.4, -0.2) is 21.8 Å². The van der Waals surface area contributed by atoms with Crippen molar-refractivity contribution in [2.75, 3.05) is 0 Å². The van der Waals surface area contributed by atoms with E-state index in [2.05, 4.69) is 50.3 Å². The molecule has 2 aromatic carbocycles. The first-order valence-electron chi connectivity index (χ1n) is 15.0. The third kappa shape index (κ3) is 4.30. The van der Waals surface area contributed by atoms with Crippen LogP contribution in [-0.2, 0) is 22.6 Å². The lowest BCUT2D eigenvalue weighted by Gasteiger charge is -2.60. The summed E-state index contributed by atoms with van der Waals surface area (Å²) in [5.41, 5.74) is 3.33. The van der Waals surface area contributed by atoms with Crippen molar-refractivity contribution in [1.82, 2.24) is 0 Å². The molecule has 6 rings (SSSR count). The number of Topliss-reactive ketones (excluding diaryl/α,β-unsaturated/α-hetero) is 1. The lowest BCUT2D eigenvalue weighted by Crippen LogP contribution is -2.55. The summed E-state index contributed by atoms with van der Waals surface area (Å²) >= 11 is 0. The molecule has 0 radical (unpaired) electrons. The summed E-state index contributed by atoms with van der Waals surface area (Å²) in [6.45, 7) is 7.02. The summed E-state index contributed by atoms with van der Waals surface area (Å²) in [5.74, 6) is 1.16. The Balaban J connectivity index is 1.22. The van der Waals surface area contributed by atoms with Crippen LogP contribution < -0.4 is 0 Å². The van der Waals surface area contributed by atoms with Gasteiger partial charge in [-0.15, -0.1) is 0 Å². The van der Waals surface area contributed by atoms with Crippen molar-refractivity contribution in [1.29, 1.82) is 0 Å². The minimum Gasteiger partial charge on any atom is -0.508 e. The Morgan fingerprint density at radius 3 is 2.44 bits per heavy atom. The topological polar surface area (TPSA) is 66.8 Å². The molecule has 3 saturated carbocycles. The number of hydrogen-bond donors (Lipinski definition) is 2. The van der Waals surface area contributed by atoms with E-state index in [0.29, 0.717) is 36.4 Å². The summed E-state index contributed by atoms with van der Waals surface area (Å²) in [4.78, 5) is 13.5. The molecule has 0 spiro atoms. The van der Waals surface area contributed by atoms with Crippen molar-refractivity contribution >= 4 is 5.78 Å². The molecule has 2 N–H and O–H groups in total. The summed E-state index contributed by atoms with van der Waals surface area (Å²) in [6.07, 6.45) is 10.8. The molecular formula is C35H44O4. The second-order valence-corrected chi connectivity index (χ2v) is 13.6. The van der Waals surface area contributed by atoms with E-state index in [1.54, 1.807) is 18.2 Å². The van der Waals surface area contributed by atoms with Gasteiger partial charge in [-0.25, -0.2) is 0 Å². The third-order valence-corrected chi connectivity index (χ3v) is 11.9. The SMILES string of the molecule is CC(=O)[C@@]1(Cc2ccccc2)CC[C@H]2[C@@H]3CC=C4CC(O)(OCc5cccc(O)c5)CC[C@]4(C)[C@H]3CC[C@@]21C. The molecule has 4 heteroatoms. The first-order chi connectivity index (χ1) is 18.6. The predicted octanol–water partition coefficient (Wildman–Crippen LogP) is 7.38. The van der Waals surface area contributed by atoms with Crippen LogP contribution in [0.25, 0.3) is 0 Å². The number of benzene rings is 2. The lowest BCUT2D eigenvalue weighted by atomic mass is 9.44. The number of allylic oxidation sites excluding steroid dienone is 1. The van der Waals surface area contributed by atoms with E-state index in [1.165, 1.54) is 11.1 Å². The van der Waals surface area contributed by atoms with Crippen LogP contribution in [0.4, 0.5) is 0 Å². The standard InChI is InChI=1S/C35H44O4/c1-24(36)34(21-25-8-5-4-6-9-25)17-15-31-29-13-12-27-22-35(38,39-23-26-10-7-11-28(37)20-26)19-18-32(27,2)30(29)14-16-33(31,34)3/h4-12,20,29-31,37-38H,13-19,21-23H2,1-3H3/t29-,30+,31+,32+,33+,34+,35?/m1/s1. The highest BCUT2D eigenvalue weighted by Crippen LogP contribution is 2.70. The maximum Gasteiger partial charge on any atom is 0.169 e. The van der Waals surface area contributed by atoms with E-state index < -0.39 is 5.79 Å². The van der Waals surface area contributed by atoms with Crippen LogP contribution in [0.2, 0.25) is 0 Å². The quantitative estimate of drug-likeness (QED) is 0.303. The predicted molar refractivity (Wildman–Crippen MR) is 153 cm³/mol. The number of carbonyl (C=O) groups is 1. The zero-order valence-corrected chi connectivity index (χ0v) is 23.8. The molecule has 39 heavy (non-hydrogen) atoms. The maximum absolute atomic E-state index is 13.5. The van der Waals surface area contributed by atoms with Gasteiger partial charge in [-0.2, -0.15) is 0 Å². The minimum absolute atomic E-state index is 0.0251. The Morgan fingerprint density at radius 1 is 0.949 bits per heavy atom. The van der Waals surface area contributed by atoms with E-state index in [9.17, 15) is 15.0 Å². The monoisotopic (exact) mass is 528 g/mol. The molecular weight excluding hydrogens is 484 g/mol. The van der Waals surface area contributed by atoms with Gasteiger partial charge in [-0.1, -0.05) is 68.0 Å². The molecule has 2 aromatic rings. The van der Waals surface area contributed by atoms with E-state index >= 15 is 0 Å². The summed E-state index contributed by atoms with van der Waals surface area (Å²) in [7, 11) is 0. The largest absolute Gasteiger partial charge is 0.508 e. The molecule has 4 aliphatic carbocycles. The van der Waals surface area contributed by atoms with Crippen LogP contribution in [0.1, 0.15) is 83.3 Å². The van der Waals surface area contributed by atoms with E-state index in [-0.39, 0.29) is 28.6 Å². The van der Waals surface area contributed by atoms with Gasteiger partial charge in [0, 0.05) is 18.3 Å². The average Bonchev–Trinajstić information content (AvgIpc) is 3.22. The number of fused-ring (bicyclic) bond motifs is 5. The summed E-state index contributed by atoms with van der Waals surface area (Å²) < 4.78 is 6.10. The van der Waals surface area contributed by atoms with E-state index in [1.807, 2.05) is 13.0 Å². The fourth-order valence-corrected chi connectivity index (χ4v) is 9.68. The molecule has 0 heterocycles. The molecule has 3 fully saturated rings. The Bertz CT molecular complexity index is 1270. The van der Waals surface area contributed by atoms with Crippen LogP contribution in [0.3, 0.4) is 0 Å². The Labute approximate surface area is 233 Å². The third-order valence-electron chi connectivity index (χ3n) is 11.9. The molecule has 1 unspecified atom stereocenters. The van der Waals surface area contributed by atoms with Gasteiger partial charge in [0.25, 0.3) is 0 Å². The molecule has 4 nitrogen and oxygen atoms in total. The highest BCUT2D eigenvalue weighted by molar-refractivity contribution is 5.84. The molecule has 208 valence electrons. The fraction of sp³-hybridized carbons (Fsp3) is 0.571. The lowest BCUT2D eigenvalue weighted by molar-refractivity contribution is -0.231. The number of ketones is 1. The molecule has 0 aromatic heterocycles. The normalized spacial score (nSPS) is 39.3. The van der Waals surface area contributed by atoms with Gasteiger partial charge in [-0.05, 0) is 104 Å². The first kappa shape index (κ1) is 26.8. The molecule has 0 amide bonds. The van der Waals surface area contributed by atoms with Crippen molar-refractivity contribution < 1.29 is 19.7 Å². The number of phenols is 1. The van der Waals surface area contributed by atoms with Crippen molar-refractivity contribution in [3.8, 4) is 5.75 Å². The van der Waals surface area contributed by atoms with Crippen molar-refractivity contribution in [2.24, 2.45) is 34.0 Å². The molecule has 0 aliphatic heterocycles. The minimum atomic E-state index is -1.17. The van der Waals surface area contributed by atoms with Crippen molar-refractivity contribution in [3.63, 3.8) is 0 Å². The van der Waals surface area contributed by atoms with Crippen LogP contribution >= 0.6 is 0 Å². The van der Waals surface area contributed by atoms with Gasteiger partial charge in [0.1, 0.15) is 11.5 Å². The number of carbonyl (C=O) groups excluding carboxylic acids is 1.